The fourth-order valence-electron chi connectivity index (χ4n) is 10.5. The number of benzene rings is 8. The fraction of sp³-hybridized carbons (Fsp3) is 0.127. The van der Waals surface area contributed by atoms with E-state index in [0.717, 1.165) is 6.42 Å². The minimum Gasteiger partial charge on any atom is -0.135 e. The van der Waals surface area contributed by atoms with Gasteiger partial charge in [-0.1, -0.05) is 143 Å². The Bertz CT molecular complexity index is 3160. The first-order valence-electron chi connectivity index (χ1n) is 20.0. The van der Waals surface area contributed by atoms with Crippen molar-refractivity contribution in [2.45, 2.75) is 44.9 Å². The fourth-order valence-corrected chi connectivity index (χ4v) is 11.7. The molecule has 0 radical (unpaired) electrons. The molecule has 0 atom stereocenters. The smallest absolute Gasteiger partial charge is 0.0434 e. The minimum atomic E-state index is -0.0575. The van der Waals surface area contributed by atoms with Crippen molar-refractivity contribution in [3.05, 3.63) is 191 Å². The standard InChI is InChI=1S/C55H40S/c1-54(2)48-15-9-7-13-40(48)42-22-19-33(30-50(42)54)32-21-24-52-46(26-32)47-29-38(34-20-23-43-41-14-8-10-16-49(41)55(3,4)51(43)31-34)28-45(53(47)56-52)37-18-17-36-25-35-11-5-6-12-39(35)44(36)27-37/h5-24,26-31H,25H2,1-4H3. The van der Waals surface area contributed by atoms with Gasteiger partial charge in [0.2, 0.25) is 0 Å². The second-order valence-electron chi connectivity index (χ2n) is 17.3. The summed E-state index contributed by atoms with van der Waals surface area (Å²) in [5.74, 6) is 0. The summed E-state index contributed by atoms with van der Waals surface area (Å²) >= 11 is 1.93. The summed E-state index contributed by atoms with van der Waals surface area (Å²) in [6.07, 6.45) is 1.01. The van der Waals surface area contributed by atoms with Crippen molar-refractivity contribution in [1.82, 2.24) is 0 Å². The Hall–Kier alpha value is -6.02. The molecule has 0 bridgehead atoms. The van der Waals surface area contributed by atoms with Gasteiger partial charge >= 0.3 is 0 Å². The molecule has 0 saturated heterocycles. The zero-order valence-electron chi connectivity index (χ0n) is 32.1. The molecule has 9 aromatic rings. The molecule has 3 aliphatic rings. The van der Waals surface area contributed by atoms with E-state index in [1.54, 1.807) is 0 Å². The third-order valence-corrected chi connectivity index (χ3v) is 14.7. The van der Waals surface area contributed by atoms with Crippen molar-refractivity contribution in [3.8, 4) is 66.8 Å². The highest BCUT2D eigenvalue weighted by Crippen LogP contribution is 2.52. The van der Waals surface area contributed by atoms with E-state index in [1.807, 2.05) is 11.3 Å². The van der Waals surface area contributed by atoms with E-state index in [4.69, 9.17) is 0 Å². The first-order valence-corrected chi connectivity index (χ1v) is 20.8. The summed E-state index contributed by atoms with van der Waals surface area (Å²) in [6, 6.07) is 60.4. The predicted octanol–water partition coefficient (Wildman–Crippen LogP) is 15.2. The van der Waals surface area contributed by atoms with Crippen LogP contribution in [0.25, 0.3) is 86.9 Å². The molecule has 12 rings (SSSR count). The molecule has 0 amide bonds. The monoisotopic (exact) mass is 732 g/mol. The van der Waals surface area contributed by atoms with E-state index in [2.05, 4.69) is 185 Å². The van der Waals surface area contributed by atoms with Gasteiger partial charge in [-0.2, -0.15) is 0 Å². The quantitative estimate of drug-likeness (QED) is 0.170. The van der Waals surface area contributed by atoms with Gasteiger partial charge in [0.1, 0.15) is 0 Å². The largest absolute Gasteiger partial charge is 0.135 e. The van der Waals surface area contributed by atoms with Crippen LogP contribution in [0, 0.1) is 0 Å². The second kappa shape index (κ2) is 11.3. The lowest BCUT2D eigenvalue weighted by atomic mass is 9.81. The lowest BCUT2D eigenvalue weighted by Crippen LogP contribution is -2.14. The van der Waals surface area contributed by atoms with Gasteiger partial charge in [0.05, 0.1) is 0 Å². The van der Waals surface area contributed by atoms with Crippen LogP contribution in [0.4, 0.5) is 0 Å². The van der Waals surface area contributed by atoms with E-state index >= 15 is 0 Å². The van der Waals surface area contributed by atoms with Crippen LogP contribution in [0.5, 0.6) is 0 Å². The zero-order chi connectivity index (χ0) is 37.5. The van der Waals surface area contributed by atoms with E-state index in [0.29, 0.717) is 0 Å². The Morgan fingerprint density at radius 1 is 0.357 bits per heavy atom. The van der Waals surface area contributed by atoms with Gasteiger partial charge in [0.15, 0.2) is 0 Å². The number of hydrogen-bond acceptors (Lipinski definition) is 1. The van der Waals surface area contributed by atoms with Gasteiger partial charge in [0, 0.05) is 36.6 Å². The Balaban J connectivity index is 1.06. The number of rotatable bonds is 3. The average Bonchev–Trinajstić information content (AvgIpc) is 3.92. The van der Waals surface area contributed by atoms with E-state index in [9.17, 15) is 0 Å². The van der Waals surface area contributed by atoms with Crippen LogP contribution < -0.4 is 0 Å². The SMILES string of the molecule is CC1(C)c2ccccc2-c2ccc(-c3ccc4sc5c(-c6ccc7c(c6)-c6ccccc6C7)cc(-c6ccc7c(c6)C(C)(C)c6ccccc6-7)cc5c4c3)cc21. The Morgan fingerprint density at radius 3 is 1.55 bits per heavy atom. The molecule has 1 heterocycles. The van der Waals surface area contributed by atoms with Crippen LogP contribution in [0.15, 0.2) is 158 Å². The molecule has 1 heteroatoms. The Labute approximate surface area is 332 Å². The molecule has 266 valence electrons. The number of thiophene rings is 1. The normalized spacial score (nSPS) is 15.0. The minimum absolute atomic E-state index is 0.0346. The molecular formula is C55H40S. The highest BCUT2D eigenvalue weighted by molar-refractivity contribution is 7.26. The molecule has 56 heavy (non-hydrogen) atoms. The summed E-state index contributed by atoms with van der Waals surface area (Å²) in [4.78, 5) is 0. The molecule has 1 aromatic heterocycles. The maximum absolute atomic E-state index is 2.48. The zero-order valence-corrected chi connectivity index (χ0v) is 32.9. The molecule has 0 nitrogen and oxygen atoms in total. The Morgan fingerprint density at radius 2 is 0.857 bits per heavy atom. The van der Waals surface area contributed by atoms with Crippen molar-refractivity contribution in [1.29, 1.82) is 0 Å². The van der Waals surface area contributed by atoms with Crippen molar-refractivity contribution in [3.63, 3.8) is 0 Å². The summed E-state index contributed by atoms with van der Waals surface area (Å²) in [7, 11) is 0. The van der Waals surface area contributed by atoms with Crippen LogP contribution in [0.2, 0.25) is 0 Å². The van der Waals surface area contributed by atoms with Crippen molar-refractivity contribution < 1.29 is 0 Å². The van der Waals surface area contributed by atoms with Gasteiger partial charge < -0.3 is 0 Å². The van der Waals surface area contributed by atoms with Crippen molar-refractivity contribution in [2.24, 2.45) is 0 Å². The molecule has 0 unspecified atom stereocenters. The average molecular weight is 733 g/mol. The summed E-state index contributed by atoms with van der Waals surface area (Å²) in [5, 5.41) is 2.66. The predicted molar refractivity (Wildman–Crippen MR) is 239 cm³/mol. The first kappa shape index (κ1) is 32.2. The summed E-state index contributed by atoms with van der Waals surface area (Å²) in [6.45, 7) is 9.50. The molecular weight excluding hydrogens is 693 g/mol. The second-order valence-corrected chi connectivity index (χ2v) is 18.3. The van der Waals surface area contributed by atoms with Crippen molar-refractivity contribution in [2.75, 3.05) is 0 Å². The first-order chi connectivity index (χ1) is 27.2. The summed E-state index contributed by atoms with van der Waals surface area (Å²) in [5.41, 5.74) is 24.3. The molecule has 8 aromatic carbocycles. The number of hydrogen-bond donors (Lipinski definition) is 0. The van der Waals surface area contributed by atoms with Gasteiger partial charge in [-0.3, -0.25) is 0 Å². The molecule has 0 saturated carbocycles. The third kappa shape index (κ3) is 4.41. The van der Waals surface area contributed by atoms with Crippen LogP contribution in [0.1, 0.15) is 61.1 Å². The van der Waals surface area contributed by atoms with Gasteiger partial charge in [-0.05, 0) is 143 Å². The van der Waals surface area contributed by atoms with Crippen LogP contribution >= 0.6 is 11.3 Å². The molecule has 0 N–H and O–H groups in total. The van der Waals surface area contributed by atoms with E-state index in [-0.39, 0.29) is 10.8 Å². The molecule has 0 fully saturated rings. The molecule has 0 aliphatic heterocycles. The number of fused-ring (bicyclic) bond motifs is 12. The Kier molecular flexibility index (Phi) is 6.50. The van der Waals surface area contributed by atoms with Crippen LogP contribution in [-0.2, 0) is 17.3 Å². The van der Waals surface area contributed by atoms with Gasteiger partial charge in [-0.25, -0.2) is 0 Å². The lowest BCUT2D eigenvalue weighted by molar-refractivity contribution is 0.660. The topological polar surface area (TPSA) is 0 Å². The highest BCUT2D eigenvalue weighted by Gasteiger charge is 2.36. The van der Waals surface area contributed by atoms with Crippen LogP contribution in [-0.4, -0.2) is 0 Å². The van der Waals surface area contributed by atoms with Gasteiger partial charge in [0.25, 0.3) is 0 Å². The molecule has 0 spiro atoms. The van der Waals surface area contributed by atoms with E-state index in [1.165, 1.54) is 120 Å². The maximum Gasteiger partial charge on any atom is 0.0434 e. The highest BCUT2D eigenvalue weighted by atomic mass is 32.1. The van der Waals surface area contributed by atoms with E-state index < -0.39 is 0 Å². The summed E-state index contributed by atoms with van der Waals surface area (Å²) < 4.78 is 2.68. The maximum atomic E-state index is 2.48. The van der Waals surface area contributed by atoms with Gasteiger partial charge in [-0.15, -0.1) is 11.3 Å². The lowest BCUT2D eigenvalue weighted by Gasteiger charge is -2.22. The molecule has 3 aliphatic carbocycles. The third-order valence-electron chi connectivity index (χ3n) is 13.5. The van der Waals surface area contributed by atoms with Crippen LogP contribution in [0.3, 0.4) is 0 Å². The van der Waals surface area contributed by atoms with Crippen molar-refractivity contribution >= 4 is 31.5 Å².